The summed E-state index contributed by atoms with van der Waals surface area (Å²) < 4.78 is 6.94. The smallest absolute Gasteiger partial charge is 0.330 e. The highest BCUT2D eigenvalue weighted by molar-refractivity contribution is 9.16. The predicted octanol–water partition coefficient (Wildman–Crippen LogP) is 0.266. The molecule has 7 nitrogen and oxygen atoms in total. The van der Waals surface area contributed by atoms with Crippen molar-refractivity contribution in [1.29, 1.82) is 0 Å². The maximum absolute atomic E-state index is 11.8. The van der Waals surface area contributed by atoms with Crippen molar-refractivity contribution >= 4 is 36.3 Å². The van der Waals surface area contributed by atoms with Gasteiger partial charge >= 0.3 is 5.69 Å². The van der Waals surface area contributed by atoms with E-state index in [1.54, 1.807) is 0 Å². The summed E-state index contributed by atoms with van der Waals surface area (Å²) in [5.41, 5.74) is -1.03. The number of nitrogens with zero attached hydrogens (tertiary/aromatic N) is 1. The monoisotopic (exact) mass is 410 g/mol. The Morgan fingerprint density at radius 2 is 2.30 bits per heavy atom. The van der Waals surface area contributed by atoms with Gasteiger partial charge < -0.3 is 14.9 Å². The largest absolute Gasteiger partial charge is 0.394 e. The van der Waals surface area contributed by atoms with Crippen LogP contribution >= 0.6 is 31.9 Å². The van der Waals surface area contributed by atoms with Crippen LogP contribution in [0.2, 0.25) is 0 Å². The highest BCUT2D eigenvalue weighted by Crippen LogP contribution is 2.28. The first-order valence-corrected chi connectivity index (χ1v) is 7.45. The zero-order chi connectivity index (χ0) is 14.9. The summed E-state index contributed by atoms with van der Waals surface area (Å²) in [6.07, 6.45) is -0.887. The number of nitrogens with one attached hydrogen (secondary N) is 1. The second kappa shape index (κ2) is 6.35. The third-order valence-corrected chi connectivity index (χ3v) is 4.69. The second-order valence-corrected chi connectivity index (χ2v) is 5.61. The fourth-order valence-electron chi connectivity index (χ4n) is 2.00. The molecule has 0 amide bonds. The molecule has 0 aliphatic carbocycles. The molecule has 0 saturated carbocycles. The number of ether oxygens (including phenoxy) is 1. The maximum Gasteiger partial charge on any atom is 0.330 e. The zero-order valence-corrected chi connectivity index (χ0v) is 13.3. The van der Waals surface area contributed by atoms with Crippen LogP contribution in [-0.2, 0) is 4.74 Å². The number of aliphatic hydroxyl groups excluding tert-OH is 2. The van der Waals surface area contributed by atoms with Gasteiger partial charge in [-0.05, 0) is 20.9 Å². The number of rotatable bonds is 3. The molecule has 0 bridgehead atoms. The molecule has 20 heavy (non-hydrogen) atoms. The van der Waals surface area contributed by atoms with Gasteiger partial charge in [-0.15, -0.1) is 0 Å². The molecular formula is C11H12Br2N2O5. The number of hydrogen-bond acceptors (Lipinski definition) is 5. The molecule has 3 atom stereocenters. The van der Waals surface area contributed by atoms with Crippen LogP contribution < -0.4 is 11.2 Å². The van der Waals surface area contributed by atoms with Crippen molar-refractivity contribution in [2.75, 3.05) is 6.61 Å². The Morgan fingerprint density at radius 3 is 2.85 bits per heavy atom. The number of halogens is 2. The molecular weight excluding hydrogens is 400 g/mol. The lowest BCUT2D eigenvalue weighted by Gasteiger charge is -2.17. The number of aliphatic hydroxyl groups is 2. The summed E-state index contributed by atoms with van der Waals surface area (Å²) >= 11 is 6.26. The van der Waals surface area contributed by atoms with E-state index in [0.29, 0.717) is 4.48 Å². The summed E-state index contributed by atoms with van der Waals surface area (Å²) in [7, 11) is 0. The van der Waals surface area contributed by atoms with Gasteiger partial charge in [0.2, 0.25) is 0 Å². The second-order valence-electron chi connectivity index (χ2n) is 4.30. The van der Waals surface area contributed by atoms with Gasteiger partial charge in [0.25, 0.3) is 5.56 Å². The SMILES string of the molecule is O=c1[nH]c(=O)n([C@@H]2O[C@H](CO)CC2O)cc1C(Br)=CBr. The van der Waals surface area contributed by atoms with Crippen molar-refractivity contribution < 1.29 is 14.9 Å². The molecule has 2 rings (SSSR count). The summed E-state index contributed by atoms with van der Waals surface area (Å²) in [6, 6.07) is 0. The van der Waals surface area contributed by atoms with Crippen molar-refractivity contribution in [2.45, 2.75) is 24.9 Å². The molecule has 1 aromatic heterocycles. The lowest BCUT2D eigenvalue weighted by atomic mass is 10.2. The highest BCUT2D eigenvalue weighted by atomic mass is 79.9. The van der Waals surface area contributed by atoms with E-state index in [1.807, 2.05) is 0 Å². The highest BCUT2D eigenvalue weighted by Gasteiger charge is 2.35. The first-order chi connectivity index (χ1) is 9.47. The topological polar surface area (TPSA) is 105 Å². The first-order valence-electron chi connectivity index (χ1n) is 5.74. The van der Waals surface area contributed by atoms with E-state index in [-0.39, 0.29) is 18.6 Å². The van der Waals surface area contributed by atoms with Crippen LogP contribution in [0.25, 0.3) is 4.48 Å². The molecule has 0 aromatic carbocycles. The molecule has 0 radical (unpaired) electrons. The third-order valence-electron chi connectivity index (χ3n) is 2.96. The Morgan fingerprint density at radius 1 is 1.60 bits per heavy atom. The summed E-state index contributed by atoms with van der Waals surface area (Å²) in [5.74, 6) is 0. The molecule has 3 N–H and O–H groups in total. The molecule has 110 valence electrons. The van der Waals surface area contributed by atoms with E-state index in [9.17, 15) is 14.7 Å². The average molecular weight is 412 g/mol. The van der Waals surface area contributed by atoms with E-state index in [4.69, 9.17) is 9.84 Å². The van der Waals surface area contributed by atoms with E-state index < -0.39 is 29.7 Å². The van der Waals surface area contributed by atoms with Crippen molar-refractivity contribution in [3.05, 3.63) is 37.6 Å². The van der Waals surface area contributed by atoms with Gasteiger partial charge in [0.1, 0.15) is 6.10 Å². The number of aromatic nitrogens is 2. The average Bonchev–Trinajstić information content (AvgIpc) is 2.79. The summed E-state index contributed by atoms with van der Waals surface area (Å²) in [5, 5.41) is 18.9. The van der Waals surface area contributed by atoms with Gasteiger partial charge in [0, 0.05) is 17.1 Å². The molecule has 1 fully saturated rings. The van der Waals surface area contributed by atoms with Crippen molar-refractivity contribution in [3.63, 3.8) is 0 Å². The lowest BCUT2D eigenvalue weighted by molar-refractivity contribution is -0.0530. The van der Waals surface area contributed by atoms with Gasteiger partial charge in [-0.2, -0.15) is 0 Å². The molecule has 1 aromatic rings. The maximum atomic E-state index is 11.8. The molecule has 0 spiro atoms. The number of hydrogen-bond donors (Lipinski definition) is 3. The molecule has 9 heteroatoms. The van der Waals surface area contributed by atoms with Gasteiger partial charge in [-0.3, -0.25) is 14.3 Å². The summed E-state index contributed by atoms with van der Waals surface area (Å²) in [6.45, 7) is -0.247. The van der Waals surface area contributed by atoms with Gasteiger partial charge in [-0.25, -0.2) is 4.79 Å². The van der Waals surface area contributed by atoms with Gasteiger partial charge in [-0.1, -0.05) is 15.9 Å². The Labute approximate surface area is 130 Å². The Kier molecular flexibility index (Phi) is 4.97. The van der Waals surface area contributed by atoms with E-state index in [2.05, 4.69) is 36.8 Å². The Balaban J connectivity index is 2.47. The van der Waals surface area contributed by atoms with Crippen LogP contribution in [0.4, 0.5) is 0 Å². The fourth-order valence-corrected chi connectivity index (χ4v) is 2.53. The number of H-pyrrole nitrogens is 1. The molecule has 1 unspecified atom stereocenters. The minimum Gasteiger partial charge on any atom is -0.394 e. The molecule has 2 heterocycles. The lowest BCUT2D eigenvalue weighted by Crippen LogP contribution is -2.36. The molecule has 1 saturated heterocycles. The van der Waals surface area contributed by atoms with E-state index in [0.717, 1.165) is 4.57 Å². The van der Waals surface area contributed by atoms with Crippen LogP contribution in [0.1, 0.15) is 18.2 Å². The minimum atomic E-state index is -0.939. The van der Waals surface area contributed by atoms with Gasteiger partial charge in [0.05, 0.1) is 18.3 Å². The first kappa shape index (κ1) is 15.6. The summed E-state index contributed by atoms with van der Waals surface area (Å²) in [4.78, 5) is 27.2. The van der Waals surface area contributed by atoms with Crippen molar-refractivity contribution in [3.8, 4) is 0 Å². The van der Waals surface area contributed by atoms with Crippen molar-refractivity contribution in [1.82, 2.24) is 9.55 Å². The standard InChI is InChI=1S/C11H12Br2N2O5/c12-2-7(13)6-3-15(11(19)14-9(6)18)10-8(17)1-5(4-16)20-10/h2-3,5,8,10,16-17H,1,4H2,(H,14,18,19)/t5-,8?,10+/m0/s1. The van der Waals surface area contributed by atoms with E-state index in [1.165, 1.54) is 11.2 Å². The van der Waals surface area contributed by atoms with Crippen LogP contribution in [0.15, 0.2) is 20.8 Å². The molecule has 1 aliphatic rings. The normalized spacial score (nSPS) is 27.0. The van der Waals surface area contributed by atoms with Crippen LogP contribution in [0.3, 0.4) is 0 Å². The fraction of sp³-hybridized carbons (Fsp3) is 0.455. The van der Waals surface area contributed by atoms with Gasteiger partial charge in [0.15, 0.2) is 6.23 Å². The quantitative estimate of drug-likeness (QED) is 0.662. The van der Waals surface area contributed by atoms with E-state index >= 15 is 0 Å². The van der Waals surface area contributed by atoms with Crippen LogP contribution in [0.5, 0.6) is 0 Å². The van der Waals surface area contributed by atoms with Crippen molar-refractivity contribution in [2.24, 2.45) is 0 Å². The number of aromatic amines is 1. The predicted molar refractivity (Wildman–Crippen MR) is 78.8 cm³/mol. The van der Waals surface area contributed by atoms with Crippen LogP contribution in [-0.4, -0.2) is 38.6 Å². The molecule has 1 aliphatic heterocycles. The zero-order valence-electron chi connectivity index (χ0n) is 10.1. The third kappa shape index (κ3) is 2.96. The Hall–Kier alpha value is -0.740. The minimum absolute atomic E-state index is 0.213. The van der Waals surface area contributed by atoms with Crippen LogP contribution in [0, 0.1) is 0 Å². The Bertz CT molecular complexity index is 638.